The SMILES string of the molecule is CCCCCCCCCCCCCCCC/C=C\CCCCCCCCCCCCCCCCCCCC(=O)NC(CO)C(O)C(O)CCCCCCCCCCCC. The van der Waals surface area contributed by atoms with Crippen molar-refractivity contribution in [2.24, 2.45) is 0 Å². The maximum absolute atomic E-state index is 12.4. The molecule has 0 aromatic heterocycles. The molecule has 352 valence electrons. The van der Waals surface area contributed by atoms with E-state index in [9.17, 15) is 20.1 Å². The van der Waals surface area contributed by atoms with Gasteiger partial charge in [0.15, 0.2) is 0 Å². The highest BCUT2D eigenvalue weighted by atomic mass is 16.3. The molecular formula is C54H107NO4. The zero-order valence-corrected chi connectivity index (χ0v) is 40.2. The van der Waals surface area contributed by atoms with Gasteiger partial charge in [0.1, 0.15) is 6.10 Å². The van der Waals surface area contributed by atoms with Gasteiger partial charge in [-0.3, -0.25) is 4.79 Å². The van der Waals surface area contributed by atoms with E-state index < -0.39 is 18.2 Å². The van der Waals surface area contributed by atoms with Gasteiger partial charge in [-0.15, -0.1) is 0 Å². The van der Waals surface area contributed by atoms with E-state index in [-0.39, 0.29) is 12.5 Å². The summed E-state index contributed by atoms with van der Waals surface area (Å²) in [6.07, 6.45) is 61.0. The monoisotopic (exact) mass is 834 g/mol. The summed E-state index contributed by atoms with van der Waals surface area (Å²) >= 11 is 0. The second kappa shape index (κ2) is 49.7. The number of nitrogens with one attached hydrogen (secondary N) is 1. The van der Waals surface area contributed by atoms with Gasteiger partial charge in [-0.25, -0.2) is 0 Å². The third kappa shape index (κ3) is 44.9. The van der Waals surface area contributed by atoms with Crippen molar-refractivity contribution in [2.45, 2.75) is 321 Å². The fourth-order valence-corrected chi connectivity index (χ4v) is 8.69. The standard InChI is InChI=1S/C54H107NO4/c1-3-5-7-9-11-13-15-16-17-18-19-20-21-22-23-24-25-26-27-28-29-30-31-32-33-34-35-36-37-38-39-41-43-45-47-49-53(58)55-51(50-56)54(59)52(57)48-46-44-42-40-14-12-10-8-6-4-2/h24-25,51-52,54,56-57,59H,3-23,26-50H2,1-2H3,(H,55,58)/b25-24-. The van der Waals surface area contributed by atoms with Crippen LogP contribution in [0.5, 0.6) is 0 Å². The molecular weight excluding hydrogens is 727 g/mol. The van der Waals surface area contributed by atoms with E-state index in [2.05, 4.69) is 31.3 Å². The highest BCUT2D eigenvalue weighted by molar-refractivity contribution is 5.76. The van der Waals surface area contributed by atoms with Gasteiger partial charge in [0.25, 0.3) is 0 Å². The van der Waals surface area contributed by atoms with Gasteiger partial charge in [-0.2, -0.15) is 0 Å². The van der Waals surface area contributed by atoms with Crippen molar-refractivity contribution in [3.63, 3.8) is 0 Å². The molecule has 0 aliphatic heterocycles. The summed E-state index contributed by atoms with van der Waals surface area (Å²) in [5, 5.41) is 33.5. The van der Waals surface area contributed by atoms with E-state index in [0.29, 0.717) is 12.8 Å². The fourth-order valence-electron chi connectivity index (χ4n) is 8.69. The van der Waals surface area contributed by atoms with Crippen molar-refractivity contribution in [2.75, 3.05) is 6.61 Å². The first-order valence-electron chi connectivity index (χ1n) is 27.0. The Hall–Kier alpha value is -0.910. The molecule has 0 spiro atoms. The Kier molecular flexibility index (Phi) is 49.0. The van der Waals surface area contributed by atoms with Crippen molar-refractivity contribution >= 4 is 5.91 Å². The van der Waals surface area contributed by atoms with Crippen LogP contribution in [0.4, 0.5) is 0 Å². The van der Waals surface area contributed by atoms with Crippen LogP contribution in [0.25, 0.3) is 0 Å². The minimum Gasteiger partial charge on any atom is -0.394 e. The van der Waals surface area contributed by atoms with Gasteiger partial charge in [0.2, 0.25) is 5.91 Å². The van der Waals surface area contributed by atoms with Gasteiger partial charge in [0, 0.05) is 6.42 Å². The molecule has 1 amide bonds. The van der Waals surface area contributed by atoms with E-state index in [0.717, 1.165) is 38.5 Å². The number of allylic oxidation sites excluding steroid dienone is 2. The number of hydrogen-bond donors (Lipinski definition) is 4. The first-order valence-corrected chi connectivity index (χ1v) is 27.0. The number of aliphatic hydroxyl groups excluding tert-OH is 3. The average Bonchev–Trinajstić information content (AvgIpc) is 3.24. The summed E-state index contributed by atoms with van der Waals surface area (Å²) in [6, 6.07) is -0.804. The second-order valence-electron chi connectivity index (χ2n) is 18.8. The van der Waals surface area contributed by atoms with Crippen LogP contribution in [-0.2, 0) is 4.79 Å². The van der Waals surface area contributed by atoms with Crippen molar-refractivity contribution in [1.29, 1.82) is 0 Å². The summed E-state index contributed by atoms with van der Waals surface area (Å²) in [5.41, 5.74) is 0. The lowest BCUT2D eigenvalue weighted by molar-refractivity contribution is -0.124. The Bertz CT molecular complexity index is 833. The molecule has 3 unspecified atom stereocenters. The van der Waals surface area contributed by atoms with E-state index >= 15 is 0 Å². The number of carbonyl (C=O) groups excluding carboxylic acids is 1. The molecule has 0 bridgehead atoms. The van der Waals surface area contributed by atoms with Crippen LogP contribution < -0.4 is 5.32 Å². The number of aliphatic hydroxyl groups is 3. The molecule has 0 rings (SSSR count). The van der Waals surface area contributed by atoms with E-state index in [1.807, 2.05) is 0 Å². The van der Waals surface area contributed by atoms with E-state index in [1.54, 1.807) is 0 Å². The molecule has 4 N–H and O–H groups in total. The number of amides is 1. The van der Waals surface area contributed by atoms with Crippen LogP contribution in [0.3, 0.4) is 0 Å². The Balaban J connectivity index is 3.41. The highest BCUT2D eigenvalue weighted by Crippen LogP contribution is 2.18. The zero-order valence-electron chi connectivity index (χ0n) is 40.2. The van der Waals surface area contributed by atoms with Crippen LogP contribution in [0.2, 0.25) is 0 Å². The Morgan fingerprint density at radius 3 is 0.983 bits per heavy atom. The molecule has 5 heteroatoms. The third-order valence-corrected chi connectivity index (χ3v) is 12.9. The highest BCUT2D eigenvalue weighted by Gasteiger charge is 2.26. The van der Waals surface area contributed by atoms with Crippen molar-refractivity contribution in [1.82, 2.24) is 5.32 Å². The summed E-state index contributed by atoms with van der Waals surface area (Å²) < 4.78 is 0. The topological polar surface area (TPSA) is 89.8 Å². The van der Waals surface area contributed by atoms with Crippen molar-refractivity contribution < 1.29 is 20.1 Å². The van der Waals surface area contributed by atoms with Gasteiger partial charge >= 0.3 is 0 Å². The molecule has 59 heavy (non-hydrogen) atoms. The Morgan fingerprint density at radius 1 is 0.407 bits per heavy atom. The van der Waals surface area contributed by atoms with Crippen LogP contribution in [-0.4, -0.2) is 46.1 Å². The van der Waals surface area contributed by atoms with Crippen LogP contribution >= 0.6 is 0 Å². The molecule has 3 atom stereocenters. The number of rotatable bonds is 50. The van der Waals surface area contributed by atoms with Crippen molar-refractivity contribution in [3.8, 4) is 0 Å². The summed E-state index contributed by atoms with van der Waals surface area (Å²) in [4.78, 5) is 12.4. The van der Waals surface area contributed by atoms with Gasteiger partial charge in [0.05, 0.1) is 18.8 Å². The molecule has 0 aromatic rings. The summed E-state index contributed by atoms with van der Waals surface area (Å²) in [6.45, 7) is 4.18. The lowest BCUT2D eigenvalue weighted by Gasteiger charge is -2.26. The summed E-state index contributed by atoms with van der Waals surface area (Å²) in [5.74, 6) is -0.141. The lowest BCUT2D eigenvalue weighted by Crippen LogP contribution is -2.50. The predicted octanol–water partition coefficient (Wildman–Crippen LogP) is 16.3. The van der Waals surface area contributed by atoms with E-state index in [4.69, 9.17) is 0 Å². The zero-order chi connectivity index (χ0) is 43.0. The summed E-state index contributed by atoms with van der Waals surface area (Å²) in [7, 11) is 0. The van der Waals surface area contributed by atoms with Gasteiger partial charge in [-0.05, 0) is 38.5 Å². The van der Waals surface area contributed by atoms with Gasteiger partial charge in [-0.1, -0.05) is 270 Å². The smallest absolute Gasteiger partial charge is 0.220 e. The quantitative estimate of drug-likeness (QED) is 0.0363. The molecule has 0 saturated carbocycles. The lowest BCUT2D eigenvalue weighted by atomic mass is 9.99. The molecule has 0 heterocycles. The van der Waals surface area contributed by atoms with Crippen LogP contribution in [0.1, 0.15) is 303 Å². The van der Waals surface area contributed by atoms with Crippen LogP contribution in [0.15, 0.2) is 12.2 Å². The van der Waals surface area contributed by atoms with E-state index in [1.165, 1.54) is 238 Å². The molecule has 0 aliphatic rings. The minimum atomic E-state index is -1.13. The fraction of sp³-hybridized carbons (Fsp3) is 0.944. The maximum Gasteiger partial charge on any atom is 0.220 e. The Morgan fingerprint density at radius 2 is 0.678 bits per heavy atom. The third-order valence-electron chi connectivity index (χ3n) is 12.9. The molecule has 0 radical (unpaired) electrons. The number of hydrogen-bond acceptors (Lipinski definition) is 4. The molecule has 0 fully saturated rings. The van der Waals surface area contributed by atoms with Crippen molar-refractivity contribution in [3.05, 3.63) is 12.2 Å². The molecule has 5 nitrogen and oxygen atoms in total. The second-order valence-corrected chi connectivity index (χ2v) is 18.8. The first kappa shape index (κ1) is 58.1. The maximum atomic E-state index is 12.4. The number of carbonyl (C=O) groups is 1. The molecule has 0 saturated heterocycles. The van der Waals surface area contributed by atoms with Gasteiger partial charge < -0.3 is 20.6 Å². The minimum absolute atomic E-state index is 0.141. The number of unbranched alkanes of at least 4 members (excludes halogenated alkanes) is 40. The Labute approximate surface area is 369 Å². The predicted molar refractivity (Wildman–Crippen MR) is 259 cm³/mol. The molecule has 0 aromatic carbocycles. The van der Waals surface area contributed by atoms with Crippen LogP contribution in [0, 0.1) is 0 Å². The average molecular weight is 834 g/mol. The molecule has 0 aliphatic carbocycles. The normalized spacial score (nSPS) is 13.4. The largest absolute Gasteiger partial charge is 0.394 e. The first-order chi connectivity index (χ1) is 29.1.